The number of benzene rings is 5. The number of nitrogens with zero attached hydrogens (tertiary/aromatic N) is 5. The first kappa shape index (κ1) is 22.9. The van der Waals surface area contributed by atoms with Crippen molar-refractivity contribution in [3.8, 4) is 28.1 Å². The summed E-state index contributed by atoms with van der Waals surface area (Å²) in [5.74, 6) is 0.864. The molecule has 0 saturated carbocycles. The quantitative estimate of drug-likeness (QED) is 0.206. The van der Waals surface area contributed by atoms with Gasteiger partial charge in [0.1, 0.15) is 0 Å². The van der Waals surface area contributed by atoms with E-state index in [0.717, 1.165) is 67.1 Å². The number of rotatable bonds is 2. The van der Waals surface area contributed by atoms with E-state index in [4.69, 9.17) is 9.97 Å². The van der Waals surface area contributed by atoms with E-state index in [1.54, 1.807) is 0 Å². The van der Waals surface area contributed by atoms with Crippen molar-refractivity contribution in [3.63, 3.8) is 0 Å². The van der Waals surface area contributed by atoms with Gasteiger partial charge in [-0.1, -0.05) is 84.9 Å². The SMILES string of the molecule is c1ccc2c(c1)-c1ccccc1-n1c(nc3ccccc31)N2c1ccc(-c2ccc3ccc4cccnc4c3n2)cc1. The molecule has 0 amide bonds. The average Bonchev–Trinajstić information content (AvgIpc) is 3.38. The lowest BCUT2D eigenvalue weighted by Gasteiger charge is -2.24. The first-order chi connectivity index (χ1) is 20.8. The zero-order valence-electron chi connectivity index (χ0n) is 22.5. The molecular weight excluding hydrogens is 514 g/mol. The summed E-state index contributed by atoms with van der Waals surface area (Å²) >= 11 is 0. The van der Waals surface area contributed by atoms with Crippen molar-refractivity contribution in [2.45, 2.75) is 0 Å². The molecule has 0 radical (unpaired) electrons. The second kappa shape index (κ2) is 8.85. The molecule has 0 unspecified atom stereocenters. The third kappa shape index (κ3) is 3.34. The Morgan fingerprint density at radius 2 is 1.19 bits per heavy atom. The second-order valence-corrected chi connectivity index (χ2v) is 10.6. The van der Waals surface area contributed by atoms with Crippen LogP contribution in [0.15, 0.2) is 140 Å². The van der Waals surface area contributed by atoms with E-state index in [-0.39, 0.29) is 0 Å². The van der Waals surface area contributed by atoms with E-state index in [2.05, 4.69) is 136 Å². The van der Waals surface area contributed by atoms with Gasteiger partial charge in [-0.05, 0) is 48.5 Å². The van der Waals surface area contributed by atoms with Crippen LogP contribution >= 0.6 is 0 Å². The molecule has 5 nitrogen and oxygen atoms in total. The molecular formula is C37H23N5. The summed E-state index contributed by atoms with van der Waals surface area (Å²) in [5.41, 5.74) is 11.4. The van der Waals surface area contributed by atoms with Gasteiger partial charge in [0.2, 0.25) is 5.95 Å². The Morgan fingerprint density at radius 1 is 0.500 bits per heavy atom. The average molecular weight is 538 g/mol. The van der Waals surface area contributed by atoms with E-state index in [1.807, 2.05) is 18.3 Å². The first-order valence-electron chi connectivity index (χ1n) is 14.0. The van der Waals surface area contributed by atoms with E-state index in [1.165, 1.54) is 11.1 Å². The molecule has 0 saturated heterocycles. The summed E-state index contributed by atoms with van der Waals surface area (Å²) in [4.78, 5) is 17.1. The van der Waals surface area contributed by atoms with E-state index >= 15 is 0 Å². The number of aromatic nitrogens is 4. The second-order valence-electron chi connectivity index (χ2n) is 10.6. The highest BCUT2D eigenvalue weighted by Crippen LogP contribution is 2.47. The zero-order valence-corrected chi connectivity index (χ0v) is 22.5. The highest BCUT2D eigenvalue weighted by atomic mass is 15.3. The molecule has 5 heteroatoms. The predicted molar refractivity (Wildman–Crippen MR) is 171 cm³/mol. The number of para-hydroxylation sites is 4. The van der Waals surface area contributed by atoms with Gasteiger partial charge >= 0.3 is 0 Å². The molecule has 0 spiro atoms. The van der Waals surface area contributed by atoms with Crippen LogP contribution in [0.5, 0.6) is 0 Å². The number of hydrogen-bond donors (Lipinski definition) is 0. The van der Waals surface area contributed by atoms with Crippen molar-refractivity contribution < 1.29 is 0 Å². The third-order valence-electron chi connectivity index (χ3n) is 8.18. The summed E-state index contributed by atoms with van der Waals surface area (Å²) in [6.45, 7) is 0. The van der Waals surface area contributed by atoms with Crippen LogP contribution < -0.4 is 4.90 Å². The highest BCUT2D eigenvalue weighted by Gasteiger charge is 2.28. The first-order valence-corrected chi connectivity index (χ1v) is 14.0. The molecule has 0 N–H and O–H groups in total. The van der Waals surface area contributed by atoms with Crippen molar-refractivity contribution >= 4 is 50.2 Å². The molecule has 0 fully saturated rings. The van der Waals surface area contributed by atoms with Gasteiger partial charge in [0.25, 0.3) is 0 Å². The van der Waals surface area contributed by atoms with Crippen LogP contribution in [-0.2, 0) is 0 Å². The van der Waals surface area contributed by atoms with Gasteiger partial charge in [-0.3, -0.25) is 14.5 Å². The molecule has 1 aliphatic heterocycles. The monoisotopic (exact) mass is 537 g/mol. The van der Waals surface area contributed by atoms with Crippen molar-refractivity contribution in [1.82, 2.24) is 19.5 Å². The molecule has 8 aromatic rings. The number of anilines is 3. The minimum Gasteiger partial charge on any atom is -0.280 e. The number of imidazole rings is 1. The molecule has 0 atom stereocenters. The van der Waals surface area contributed by atoms with Crippen LogP contribution in [0.2, 0.25) is 0 Å². The summed E-state index contributed by atoms with van der Waals surface area (Å²) in [6, 6.07) is 46.6. The van der Waals surface area contributed by atoms with Crippen molar-refractivity contribution in [2.24, 2.45) is 0 Å². The summed E-state index contributed by atoms with van der Waals surface area (Å²) in [6.07, 6.45) is 1.83. The molecule has 0 aliphatic carbocycles. The maximum Gasteiger partial charge on any atom is 0.220 e. The van der Waals surface area contributed by atoms with Crippen molar-refractivity contribution in [3.05, 3.63) is 140 Å². The van der Waals surface area contributed by atoms with Crippen LogP contribution in [0.4, 0.5) is 17.3 Å². The number of pyridine rings is 2. The van der Waals surface area contributed by atoms with E-state index < -0.39 is 0 Å². The topological polar surface area (TPSA) is 46.8 Å². The van der Waals surface area contributed by atoms with E-state index in [9.17, 15) is 0 Å². The third-order valence-corrected chi connectivity index (χ3v) is 8.18. The normalized spacial score (nSPS) is 12.2. The fraction of sp³-hybridized carbons (Fsp3) is 0. The predicted octanol–water partition coefficient (Wildman–Crippen LogP) is 9.24. The summed E-state index contributed by atoms with van der Waals surface area (Å²) in [7, 11) is 0. The zero-order chi connectivity index (χ0) is 27.6. The van der Waals surface area contributed by atoms with Gasteiger partial charge in [0.15, 0.2) is 0 Å². The van der Waals surface area contributed by atoms with Gasteiger partial charge in [-0.15, -0.1) is 0 Å². The molecule has 9 rings (SSSR count). The van der Waals surface area contributed by atoms with Crippen molar-refractivity contribution in [2.75, 3.05) is 4.90 Å². The smallest absolute Gasteiger partial charge is 0.220 e. The number of fused-ring (bicyclic) bond motifs is 10. The Bertz CT molecular complexity index is 2320. The number of hydrogen-bond acceptors (Lipinski definition) is 4. The fourth-order valence-electron chi connectivity index (χ4n) is 6.22. The molecule has 42 heavy (non-hydrogen) atoms. The highest BCUT2D eigenvalue weighted by molar-refractivity contribution is 6.03. The van der Waals surface area contributed by atoms with Crippen LogP contribution in [0.25, 0.3) is 60.9 Å². The van der Waals surface area contributed by atoms with Crippen LogP contribution in [0, 0.1) is 0 Å². The molecule has 3 aromatic heterocycles. The standard InChI is InChI=1S/C37H23N5/c1-4-12-32-28(9-1)29-10-2-5-13-33(29)42-34-14-6-3-11-31(34)40-37(42)41(32)27-20-17-24(18-21-27)30-22-19-26-16-15-25-8-7-23-38-35(25)36(26)39-30/h1-23H. The lowest BCUT2D eigenvalue weighted by atomic mass is 10.0. The Morgan fingerprint density at radius 3 is 2.05 bits per heavy atom. The van der Waals surface area contributed by atoms with Gasteiger partial charge in [-0.25, -0.2) is 9.97 Å². The lowest BCUT2D eigenvalue weighted by molar-refractivity contribution is 1.05. The minimum absolute atomic E-state index is 0.864. The van der Waals surface area contributed by atoms with Crippen LogP contribution in [0.3, 0.4) is 0 Å². The maximum absolute atomic E-state index is 5.18. The Labute approximate surface area is 242 Å². The minimum atomic E-state index is 0.864. The van der Waals surface area contributed by atoms with Gasteiger partial charge in [0.05, 0.1) is 39.1 Å². The Balaban J connectivity index is 1.23. The molecule has 0 bridgehead atoms. The molecule has 5 aromatic carbocycles. The Kier molecular flexibility index (Phi) is 4.83. The van der Waals surface area contributed by atoms with Crippen LogP contribution in [0.1, 0.15) is 0 Å². The van der Waals surface area contributed by atoms with Gasteiger partial charge in [-0.2, -0.15) is 0 Å². The molecule has 4 heterocycles. The van der Waals surface area contributed by atoms with Crippen LogP contribution in [-0.4, -0.2) is 19.5 Å². The van der Waals surface area contributed by atoms with Crippen molar-refractivity contribution in [1.29, 1.82) is 0 Å². The van der Waals surface area contributed by atoms with E-state index in [0.29, 0.717) is 0 Å². The van der Waals surface area contributed by atoms with Gasteiger partial charge < -0.3 is 0 Å². The Hall–Kier alpha value is -5.81. The largest absolute Gasteiger partial charge is 0.280 e. The fourth-order valence-corrected chi connectivity index (χ4v) is 6.22. The molecule has 196 valence electrons. The maximum atomic E-state index is 5.18. The van der Waals surface area contributed by atoms with Gasteiger partial charge in [0, 0.05) is 39.3 Å². The lowest BCUT2D eigenvalue weighted by Crippen LogP contribution is -2.14. The molecule has 1 aliphatic rings. The summed E-state index contributed by atoms with van der Waals surface area (Å²) < 4.78 is 2.28. The summed E-state index contributed by atoms with van der Waals surface area (Å²) in [5, 5.41) is 2.18.